The molecule has 1 N–H and O–H groups in total. The molecule has 0 heterocycles. The standard InChI is InChI=1S/C23H32N2O3S/c1-18(2)17-21(20-12-6-5-7-13-20)24-23(26)15-10-16-25(29(4,27)28)22-14-9-8-11-19(22)3/h5-9,11-14,18,21H,10,15-17H2,1-4H3,(H,24,26)/t21-/m1/s1. The van der Waals surface area contributed by atoms with Gasteiger partial charge in [0, 0.05) is 13.0 Å². The number of hydrogen-bond acceptors (Lipinski definition) is 3. The van der Waals surface area contributed by atoms with Crippen molar-refractivity contribution in [2.45, 2.75) is 46.1 Å². The van der Waals surface area contributed by atoms with Crippen molar-refractivity contribution in [3.8, 4) is 0 Å². The third kappa shape index (κ3) is 7.20. The average molecular weight is 417 g/mol. The van der Waals surface area contributed by atoms with Crippen LogP contribution in [0.15, 0.2) is 54.6 Å². The van der Waals surface area contributed by atoms with Gasteiger partial charge in [0.05, 0.1) is 18.0 Å². The minimum atomic E-state index is -3.42. The van der Waals surface area contributed by atoms with E-state index in [1.54, 1.807) is 6.07 Å². The molecule has 0 aliphatic rings. The van der Waals surface area contributed by atoms with Crippen LogP contribution in [0.25, 0.3) is 0 Å². The van der Waals surface area contributed by atoms with Crippen molar-refractivity contribution in [1.29, 1.82) is 0 Å². The summed E-state index contributed by atoms with van der Waals surface area (Å²) in [4.78, 5) is 12.6. The quantitative estimate of drug-likeness (QED) is 0.622. The molecule has 0 radical (unpaired) electrons. The van der Waals surface area contributed by atoms with Crippen LogP contribution in [-0.4, -0.2) is 27.1 Å². The second-order valence-electron chi connectivity index (χ2n) is 7.89. The molecular weight excluding hydrogens is 384 g/mol. The molecule has 6 heteroatoms. The first-order chi connectivity index (χ1) is 13.7. The van der Waals surface area contributed by atoms with Crippen molar-refractivity contribution in [3.63, 3.8) is 0 Å². The molecule has 0 aromatic heterocycles. The largest absolute Gasteiger partial charge is 0.349 e. The predicted octanol–water partition coefficient (Wildman–Crippen LogP) is 4.44. The van der Waals surface area contributed by atoms with Crippen LogP contribution in [0.4, 0.5) is 5.69 Å². The lowest BCUT2D eigenvalue weighted by atomic mass is 9.97. The van der Waals surface area contributed by atoms with Gasteiger partial charge in [0.1, 0.15) is 0 Å². The van der Waals surface area contributed by atoms with E-state index in [9.17, 15) is 13.2 Å². The van der Waals surface area contributed by atoms with E-state index in [2.05, 4.69) is 19.2 Å². The lowest BCUT2D eigenvalue weighted by Gasteiger charge is -2.24. The fourth-order valence-electron chi connectivity index (χ4n) is 3.39. The van der Waals surface area contributed by atoms with Crippen molar-refractivity contribution in [2.24, 2.45) is 5.92 Å². The van der Waals surface area contributed by atoms with Gasteiger partial charge in [-0.2, -0.15) is 0 Å². The first-order valence-electron chi connectivity index (χ1n) is 10.1. The Morgan fingerprint density at radius 1 is 1.03 bits per heavy atom. The number of hydrogen-bond donors (Lipinski definition) is 1. The fraction of sp³-hybridized carbons (Fsp3) is 0.435. The molecular formula is C23H32N2O3S. The van der Waals surface area contributed by atoms with Crippen molar-refractivity contribution in [2.75, 3.05) is 17.1 Å². The summed E-state index contributed by atoms with van der Waals surface area (Å²) in [6, 6.07) is 17.3. The number of carbonyl (C=O) groups is 1. The number of sulfonamides is 1. The van der Waals surface area contributed by atoms with Crippen LogP contribution in [0.5, 0.6) is 0 Å². The van der Waals surface area contributed by atoms with Gasteiger partial charge in [-0.25, -0.2) is 8.42 Å². The van der Waals surface area contributed by atoms with Crippen LogP contribution in [-0.2, 0) is 14.8 Å². The highest BCUT2D eigenvalue weighted by atomic mass is 32.2. The SMILES string of the molecule is Cc1ccccc1N(CCCC(=O)N[C@H](CC(C)C)c1ccccc1)S(C)(=O)=O. The number of carbonyl (C=O) groups excluding carboxylic acids is 1. The average Bonchev–Trinajstić information content (AvgIpc) is 2.65. The third-order valence-electron chi connectivity index (χ3n) is 4.79. The molecule has 5 nitrogen and oxygen atoms in total. The second-order valence-corrected chi connectivity index (χ2v) is 9.79. The Morgan fingerprint density at radius 2 is 1.66 bits per heavy atom. The zero-order valence-corrected chi connectivity index (χ0v) is 18.6. The Hall–Kier alpha value is -2.34. The molecule has 0 spiro atoms. The van der Waals surface area contributed by atoms with Crippen LogP contribution in [0.3, 0.4) is 0 Å². The Balaban J connectivity index is 2.00. The Morgan fingerprint density at radius 3 is 2.24 bits per heavy atom. The van der Waals surface area contributed by atoms with E-state index in [-0.39, 0.29) is 24.9 Å². The number of aryl methyl sites for hydroxylation is 1. The molecule has 0 fully saturated rings. The number of rotatable bonds is 10. The summed E-state index contributed by atoms with van der Waals surface area (Å²) in [5, 5.41) is 3.12. The summed E-state index contributed by atoms with van der Waals surface area (Å²) >= 11 is 0. The summed E-state index contributed by atoms with van der Waals surface area (Å²) in [6.45, 7) is 6.43. The molecule has 0 unspecified atom stereocenters. The van der Waals surface area contributed by atoms with Crippen molar-refractivity contribution in [3.05, 3.63) is 65.7 Å². The summed E-state index contributed by atoms with van der Waals surface area (Å²) in [6.07, 6.45) is 2.79. The number of amides is 1. The van der Waals surface area contributed by atoms with Crippen LogP contribution in [0.2, 0.25) is 0 Å². The molecule has 0 saturated heterocycles. The number of nitrogens with zero attached hydrogens (tertiary/aromatic N) is 1. The first-order valence-corrected chi connectivity index (χ1v) is 11.9. The molecule has 0 bridgehead atoms. The molecule has 2 rings (SSSR count). The molecule has 1 atom stereocenters. The minimum Gasteiger partial charge on any atom is -0.349 e. The Bertz CT molecular complexity index is 895. The van der Waals surface area contributed by atoms with Crippen molar-refractivity contribution in [1.82, 2.24) is 5.32 Å². The number of anilines is 1. The maximum Gasteiger partial charge on any atom is 0.232 e. The Kier molecular flexibility index (Phi) is 8.26. The summed E-state index contributed by atoms with van der Waals surface area (Å²) < 4.78 is 25.9. The van der Waals surface area contributed by atoms with Gasteiger partial charge in [0.15, 0.2) is 0 Å². The minimum absolute atomic E-state index is 0.0360. The maximum atomic E-state index is 12.6. The summed E-state index contributed by atoms with van der Waals surface area (Å²) in [5.41, 5.74) is 2.65. The highest BCUT2D eigenvalue weighted by Gasteiger charge is 2.20. The highest BCUT2D eigenvalue weighted by molar-refractivity contribution is 7.92. The highest BCUT2D eigenvalue weighted by Crippen LogP contribution is 2.23. The number of para-hydroxylation sites is 1. The molecule has 1 amide bonds. The molecule has 2 aromatic carbocycles. The van der Waals surface area contributed by atoms with E-state index in [0.717, 1.165) is 17.5 Å². The smallest absolute Gasteiger partial charge is 0.232 e. The molecule has 29 heavy (non-hydrogen) atoms. The maximum absolute atomic E-state index is 12.6. The van der Waals surface area contributed by atoms with E-state index in [1.165, 1.54) is 10.6 Å². The lowest BCUT2D eigenvalue weighted by molar-refractivity contribution is -0.122. The van der Waals surface area contributed by atoms with Gasteiger partial charge in [-0.1, -0.05) is 62.4 Å². The zero-order valence-electron chi connectivity index (χ0n) is 17.8. The number of nitrogens with one attached hydrogen (secondary N) is 1. The lowest BCUT2D eigenvalue weighted by Crippen LogP contribution is -2.33. The molecule has 0 aliphatic carbocycles. The van der Waals surface area contributed by atoms with Crippen LogP contribution in [0, 0.1) is 12.8 Å². The molecule has 0 saturated carbocycles. The second kappa shape index (κ2) is 10.4. The van der Waals surface area contributed by atoms with Crippen molar-refractivity contribution >= 4 is 21.6 Å². The van der Waals surface area contributed by atoms with E-state index < -0.39 is 10.0 Å². The monoisotopic (exact) mass is 416 g/mol. The molecule has 2 aromatic rings. The summed E-state index contributed by atoms with van der Waals surface area (Å²) in [5.74, 6) is 0.389. The van der Waals surface area contributed by atoms with E-state index in [1.807, 2.05) is 55.5 Å². The zero-order chi connectivity index (χ0) is 21.4. The van der Waals surface area contributed by atoms with Crippen LogP contribution >= 0.6 is 0 Å². The summed E-state index contributed by atoms with van der Waals surface area (Å²) in [7, 11) is -3.42. The van der Waals surface area contributed by atoms with Crippen LogP contribution in [0.1, 0.15) is 50.3 Å². The van der Waals surface area contributed by atoms with E-state index in [0.29, 0.717) is 18.0 Å². The Labute approximate surface area is 175 Å². The van der Waals surface area contributed by atoms with Crippen LogP contribution < -0.4 is 9.62 Å². The van der Waals surface area contributed by atoms with E-state index in [4.69, 9.17) is 0 Å². The fourth-order valence-corrected chi connectivity index (χ4v) is 4.42. The first kappa shape index (κ1) is 22.9. The van der Waals surface area contributed by atoms with Gasteiger partial charge in [-0.3, -0.25) is 9.10 Å². The van der Waals surface area contributed by atoms with Gasteiger partial charge in [-0.15, -0.1) is 0 Å². The normalized spacial score (nSPS) is 12.6. The van der Waals surface area contributed by atoms with Gasteiger partial charge < -0.3 is 5.32 Å². The van der Waals surface area contributed by atoms with E-state index >= 15 is 0 Å². The van der Waals surface area contributed by atoms with Crippen molar-refractivity contribution < 1.29 is 13.2 Å². The van der Waals surface area contributed by atoms with Gasteiger partial charge in [0.25, 0.3) is 0 Å². The van der Waals surface area contributed by atoms with Gasteiger partial charge in [-0.05, 0) is 42.9 Å². The molecule has 158 valence electrons. The number of benzene rings is 2. The van der Waals surface area contributed by atoms with Gasteiger partial charge >= 0.3 is 0 Å². The van der Waals surface area contributed by atoms with Gasteiger partial charge in [0.2, 0.25) is 15.9 Å². The molecule has 0 aliphatic heterocycles. The third-order valence-corrected chi connectivity index (χ3v) is 5.97. The topological polar surface area (TPSA) is 66.5 Å². The predicted molar refractivity (Wildman–Crippen MR) is 119 cm³/mol.